The zero-order chi connectivity index (χ0) is 23.4. The molecule has 0 bridgehead atoms. The van der Waals surface area contributed by atoms with Gasteiger partial charge in [-0.2, -0.15) is 9.78 Å². The van der Waals surface area contributed by atoms with Crippen LogP contribution < -0.4 is 15.2 Å². The number of ether oxygens (including phenoxy) is 1. The lowest BCUT2D eigenvalue weighted by molar-refractivity contribution is 0.363. The molecule has 172 valence electrons. The van der Waals surface area contributed by atoms with Crippen LogP contribution in [0.1, 0.15) is 49.4 Å². The first-order valence-electron chi connectivity index (χ1n) is 11.3. The highest BCUT2D eigenvalue weighted by Gasteiger charge is 2.22. The van der Waals surface area contributed by atoms with Crippen molar-refractivity contribution in [1.82, 2.24) is 9.66 Å². The number of aromatic nitrogens is 2. The van der Waals surface area contributed by atoms with Crippen molar-refractivity contribution in [3.63, 3.8) is 0 Å². The number of nitrogens with zero attached hydrogens (tertiary/aromatic N) is 4. The molecule has 0 atom stereocenters. The Morgan fingerprint density at radius 1 is 1.21 bits per heavy atom. The zero-order valence-corrected chi connectivity index (χ0v) is 20.7. The van der Waals surface area contributed by atoms with Crippen molar-refractivity contribution in [2.75, 3.05) is 25.6 Å². The minimum Gasteiger partial charge on any atom is -0.489 e. The van der Waals surface area contributed by atoms with E-state index in [0.29, 0.717) is 23.3 Å². The van der Waals surface area contributed by atoms with Crippen LogP contribution >= 0.6 is 15.9 Å². The van der Waals surface area contributed by atoms with Crippen molar-refractivity contribution in [3.8, 4) is 5.75 Å². The van der Waals surface area contributed by atoms with Crippen LogP contribution in [0.2, 0.25) is 0 Å². The first-order valence-corrected chi connectivity index (χ1v) is 12.1. The fourth-order valence-corrected chi connectivity index (χ4v) is 4.57. The fraction of sp³-hybridized carbons (Fsp3) is 0.346. The van der Waals surface area contributed by atoms with Gasteiger partial charge in [-0.15, -0.1) is 0 Å². The smallest absolute Gasteiger partial charge is 0.282 e. The maximum absolute atomic E-state index is 13.5. The van der Waals surface area contributed by atoms with Gasteiger partial charge in [-0.1, -0.05) is 47.8 Å². The van der Waals surface area contributed by atoms with E-state index >= 15 is 0 Å². The minimum atomic E-state index is -0.156. The number of halogens is 1. The second kappa shape index (κ2) is 10.3. The van der Waals surface area contributed by atoms with Crippen molar-refractivity contribution < 1.29 is 4.74 Å². The average Bonchev–Trinajstić information content (AvgIpc) is 2.83. The molecule has 3 aromatic rings. The van der Waals surface area contributed by atoms with E-state index in [9.17, 15) is 4.79 Å². The van der Waals surface area contributed by atoms with Gasteiger partial charge in [-0.05, 0) is 43.2 Å². The predicted molar refractivity (Wildman–Crippen MR) is 139 cm³/mol. The van der Waals surface area contributed by atoms with E-state index < -0.39 is 0 Å². The normalized spacial score (nSPS) is 14.6. The Morgan fingerprint density at radius 3 is 2.73 bits per heavy atom. The van der Waals surface area contributed by atoms with Crippen LogP contribution in [0.25, 0.3) is 10.9 Å². The molecule has 0 aliphatic heterocycles. The first-order chi connectivity index (χ1) is 16.0. The lowest BCUT2D eigenvalue weighted by Crippen LogP contribution is -2.25. The monoisotopic (exact) mass is 508 g/mol. The molecule has 2 aromatic carbocycles. The van der Waals surface area contributed by atoms with E-state index in [4.69, 9.17) is 9.72 Å². The molecule has 33 heavy (non-hydrogen) atoms. The van der Waals surface area contributed by atoms with Gasteiger partial charge in [0.25, 0.3) is 5.56 Å². The van der Waals surface area contributed by atoms with Gasteiger partial charge < -0.3 is 9.64 Å². The van der Waals surface area contributed by atoms with Crippen molar-refractivity contribution in [2.24, 2.45) is 5.10 Å². The summed E-state index contributed by atoms with van der Waals surface area (Å²) in [4.78, 5) is 20.4. The fourth-order valence-electron chi connectivity index (χ4n) is 4.20. The Hall–Kier alpha value is -2.93. The number of benzene rings is 2. The molecule has 0 spiro atoms. The van der Waals surface area contributed by atoms with Crippen molar-refractivity contribution in [1.29, 1.82) is 0 Å². The molecule has 7 heteroatoms. The topological polar surface area (TPSA) is 59.7 Å². The van der Waals surface area contributed by atoms with E-state index in [0.717, 1.165) is 47.2 Å². The van der Waals surface area contributed by atoms with E-state index in [2.05, 4.69) is 27.6 Å². The Balaban J connectivity index is 1.82. The van der Waals surface area contributed by atoms with Gasteiger partial charge in [0.15, 0.2) is 0 Å². The SMILES string of the molecule is C=CCOc1cc(N(C)C)ccc1C=Nn1c(C2CCCCC2)nc2ccc(Br)cc2c1=O. The first kappa shape index (κ1) is 23.2. The van der Waals surface area contributed by atoms with Gasteiger partial charge >= 0.3 is 0 Å². The largest absolute Gasteiger partial charge is 0.489 e. The second-order valence-electron chi connectivity index (χ2n) is 8.54. The van der Waals surface area contributed by atoms with Crippen LogP contribution in [-0.4, -0.2) is 36.6 Å². The zero-order valence-electron chi connectivity index (χ0n) is 19.1. The van der Waals surface area contributed by atoms with Crippen molar-refractivity contribution in [3.05, 3.63) is 75.3 Å². The number of anilines is 1. The summed E-state index contributed by atoms with van der Waals surface area (Å²) in [5.41, 5.74) is 2.36. The molecule has 0 N–H and O–H groups in total. The number of hydrogen-bond acceptors (Lipinski definition) is 5. The lowest BCUT2D eigenvalue weighted by atomic mass is 9.88. The summed E-state index contributed by atoms with van der Waals surface area (Å²) >= 11 is 3.47. The number of rotatable bonds is 7. The standard InChI is InChI=1S/C26H29BrN4O2/c1-4-14-33-24-16-21(30(2)3)12-10-19(24)17-28-31-25(18-8-6-5-7-9-18)29-23-13-11-20(27)15-22(23)26(31)32/h4,10-13,15-18H,1,5-9,14H2,2-3H3. The highest BCUT2D eigenvalue weighted by Crippen LogP contribution is 2.32. The summed E-state index contributed by atoms with van der Waals surface area (Å²) in [6.45, 7) is 4.13. The number of hydrogen-bond donors (Lipinski definition) is 0. The predicted octanol–water partition coefficient (Wildman–Crippen LogP) is 5.72. The molecule has 1 saturated carbocycles. The summed E-state index contributed by atoms with van der Waals surface area (Å²) in [6.07, 6.45) is 8.97. The van der Waals surface area contributed by atoms with Crippen LogP contribution in [0, 0.1) is 0 Å². The van der Waals surface area contributed by atoms with E-state index in [1.165, 1.54) is 11.1 Å². The third-order valence-electron chi connectivity index (χ3n) is 5.99. The Morgan fingerprint density at radius 2 is 2.00 bits per heavy atom. The third kappa shape index (κ3) is 5.19. The molecular formula is C26H29BrN4O2. The van der Waals surface area contributed by atoms with Crippen LogP contribution in [0.5, 0.6) is 5.75 Å². The van der Waals surface area contributed by atoms with Crippen LogP contribution in [-0.2, 0) is 0 Å². The molecule has 1 heterocycles. The van der Waals surface area contributed by atoms with Gasteiger partial charge in [-0.3, -0.25) is 4.79 Å². The molecule has 0 saturated heterocycles. The minimum absolute atomic E-state index is 0.156. The van der Waals surface area contributed by atoms with Crippen LogP contribution in [0.15, 0.2) is 63.4 Å². The van der Waals surface area contributed by atoms with Crippen LogP contribution in [0.3, 0.4) is 0 Å². The maximum atomic E-state index is 13.5. The Bertz CT molecular complexity index is 1240. The van der Waals surface area contributed by atoms with E-state index in [1.807, 2.05) is 55.4 Å². The highest BCUT2D eigenvalue weighted by molar-refractivity contribution is 9.10. The molecule has 1 aliphatic carbocycles. The summed E-state index contributed by atoms with van der Waals surface area (Å²) in [5, 5.41) is 5.20. The second-order valence-corrected chi connectivity index (χ2v) is 9.46. The van der Waals surface area contributed by atoms with Gasteiger partial charge in [0.05, 0.1) is 17.1 Å². The molecule has 1 aliphatic rings. The Kier molecular flexibility index (Phi) is 7.28. The van der Waals surface area contributed by atoms with Gasteiger partial charge in [0.1, 0.15) is 18.2 Å². The Labute approximate surface area is 202 Å². The molecule has 0 radical (unpaired) electrons. The van der Waals surface area contributed by atoms with Gasteiger partial charge in [-0.25, -0.2) is 4.98 Å². The maximum Gasteiger partial charge on any atom is 0.282 e. The van der Waals surface area contributed by atoms with Crippen LogP contribution in [0.4, 0.5) is 5.69 Å². The summed E-state index contributed by atoms with van der Waals surface area (Å²) < 4.78 is 8.21. The molecule has 1 aromatic heterocycles. The van der Waals surface area contributed by atoms with Gasteiger partial charge in [0, 0.05) is 41.8 Å². The van der Waals surface area contributed by atoms with Gasteiger partial charge in [0.2, 0.25) is 0 Å². The average molecular weight is 509 g/mol. The quantitative estimate of drug-likeness (QED) is 0.302. The summed E-state index contributed by atoms with van der Waals surface area (Å²) in [6, 6.07) is 11.5. The lowest BCUT2D eigenvalue weighted by Gasteiger charge is -2.23. The summed E-state index contributed by atoms with van der Waals surface area (Å²) in [5.74, 6) is 1.65. The third-order valence-corrected chi connectivity index (χ3v) is 6.48. The highest BCUT2D eigenvalue weighted by atomic mass is 79.9. The molecular weight excluding hydrogens is 480 g/mol. The molecule has 4 rings (SSSR count). The molecule has 0 unspecified atom stereocenters. The molecule has 6 nitrogen and oxygen atoms in total. The molecule has 1 fully saturated rings. The number of fused-ring (bicyclic) bond motifs is 1. The van der Waals surface area contributed by atoms with E-state index in [1.54, 1.807) is 12.3 Å². The molecule has 0 amide bonds. The van der Waals surface area contributed by atoms with Crippen molar-refractivity contribution >= 4 is 38.7 Å². The van der Waals surface area contributed by atoms with E-state index in [-0.39, 0.29) is 11.5 Å². The summed E-state index contributed by atoms with van der Waals surface area (Å²) in [7, 11) is 3.96. The van der Waals surface area contributed by atoms with Crippen molar-refractivity contribution in [2.45, 2.75) is 38.0 Å².